The molecule has 0 bridgehead atoms. The Morgan fingerprint density at radius 3 is 2.52 bits per heavy atom. The minimum atomic E-state index is -1.01. The number of carboxylic acid groups (broad SMARTS) is 1. The van der Waals surface area contributed by atoms with Gasteiger partial charge in [0.2, 0.25) is 5.91 Å². The maximum absolute atomic E-state index is 13.4. The molecule has 2 saturated carbocycles. The molecule has 40 heavy (non-hydrogen) atoms. The predicted octanol–water partition coefficient (Wildman–Crippen LogP) is 5.55. The highest BCUT2D eigenvalue weighted by Gasteiger charge is 2.46. The highest BCUT2D eigenvalue weighted by molar-refractivity contribution is 5.92. The maximum Gasteiger partial charge on any atom is 0.326 e. The van der Waals surface area contributed by atoms with Crippen LogP contribution in [0.1, 0.15) is 94.5 Å². The molecule has 0 saturated heterocycles. The van der Waals surface area contributed by atoms with Crippen LogP contribution in [-0.4, -0.2) is 47.3 Å². The number of amides is 1. The van der Waals surface area contributed by atoms with Crippen LogP contribution in [0.25, 0.3) is 0 Å². The quantitative estimate of drug-likeness (QED) is 0.341. The Labute approximate surface area is 238 Å². The second-order valence-corrected chi connectivity index (χ2v) is 13.1. The van der Waals surface area contributed by atoms with Crippen molar-refractivity contribution in [1.82, 2.24) is 10.3 Å². The lowest BCUT2D eigenvalue weighted by Crippen LogP contribution is -2.54. The van der Waals surface area contributed by atoms with Gasteiger partial charge in [-0.05, 0) is 85.5 Å². The summed E-state index contributed by atoms with van der Waals surface area (Å²) >= 11 is 0. The Kier molecular flexibility index (Phi) is 8.50. The summed E-state index contributed by atoms with van der Waals surface area (Å²) in [6.07, 6.45) is 9.26. The molecule has 1 unspecified atom stereocenters. The lowest BCUT2D eigenvalue weighted by molar-refractivity contribution is -0.144. The summed E-state index contributed by atoms with van der Waals surface area (Å²) < 4.78 is 6.01. The maximum atomic E-state index is 13.4. The molecule has 1 aromatic carbocycles. The molecule has 5 rings (SSSR count). The van der Waals surface area contributed by atoms with Gasteiger partial charge < -0.3 is 20.5 Å². The molecule has 7 nitrogen and oxygen atoms in total. The number of fused-ring (bicyclic) bond motifs is 1. The van der Waals surface area contributed by atoms with Crippen LogP contribution < -0.4 is 10.6 Å². The summed E-state index contributed by atoms with van der Waals surface area (Å²) in [7, 11) is 0. The molecule has 0 spiro atoms. The van der Waals surface area contributed by atoms with Crippen LogP contribution in [0.4, 0.5) is 5.82 Å². The molecule has 2 heterocycles. The number of aromatic nitrogens is 1. The third kappa shape index (κ3) is 6.35. The summed E-state index contributed by atoms with van der Waals surface area (Å²) in [6, 6.07) is 11.7. The molecule has 3 aliphatic rings. The van der Waals surface area contributed by atoms with Crippen molar-refractivity contribution in [3.05, 3.63) is 58.8 Å². The normalized spacial score (nSPS) is 22.2. The highest BCUT2D eigenvalue weighted by atomic mass is 16.5. The third-order valence-corrected chi connectivity index (χ3v) is 9.26. The Morgan fingerprint density at radius 1 is 1.12 bits per heavy atom. The topological polar surface area (TPSA) is 101 Å². The largest absolute Gasteiger partial charge is 0.480 e. The zero-order chi connectivity index (χ0) is 28.3. The molecule has 0 radical (unpaired) electrons. The van der Waals surface area contributed by atoms with Crippen LogP contribution in [-0.2, 0) is 38.0 Å². The average Bonchev–Trinajstić information content (AvgIpc) is 2.87. The van der Waals surface area contributed by atoms with Crippen molar-refractivity contribution in [2.45, 2.75) is 108 Å². The van der Waals surface area contributed by atoms with Crippen LogP contribution in [0.3, 0.4) is 0 Å². The van der Waals surface area contributed by atoms with E-state index in [1.165, 1.54) is 17.5 Å². The number of hydrogen-bond acceptors (Lipinski definition) is 5. The smallest absolute Gasteiger partial charge is 0.326 e. The van der Waals surface area contributed by atoms with Gasteiger partial charge in [-0.3, -0.25) is 4.79 Å². The number of ether oxygens (including phenoxy) is 1. The number of hydrogen-bond donors (Lipinski definition) is 3. The molecule has 2 aliphatic carbocycles. The fourth-order valence-electron chi connectivity index (χ4n) is 6.28. The van der Waals surface area contributed by atoms with E-state index in [1.54, 1.807) is 0 Å². The van der Waals surface area contributed by atoms with E-state index in [0.717, 1.165) is 75.0 Å². The number of aryl methyl sites for hydroxylation is 2. The molecular weight excluding hydrogens is 502 g/mol. The van der Waals surface area contributed by atoms with Crippen LogP contribution in [0.5, 0.6) is 0 Å². The minimum absolute atomic E-state index is 0.0404. The zero-order valence-electron chi connectivity index (χ0n) is 24.3. The van der Waals surface area contributed by atoms with Gasteiger partial charge in [0.25, 0.3) is 0 Å². The fourth-order valence-corrected chi connectivity index (χ4v) is 6.28. The average molecular weight is 548 g/mol. The molecule has 3 N–H and O–H groups in total. The number of pyridine rings is 1. The molecule has 1 atom stereocenters. The van der Waals surface area contributed by atoms with Gasteiger partial charge in [0.15, 0.2) is 0 Å². The summed E-state index contributed by atoms with van der Waals surface area (Å²) in [5.74, 6) is 0.492. The number of rotatable bonds is 11. The van der Waals surface area contributed by atoms with Crippen molar-refractivity contribution in [3.8, 4) is 0 Å². The number of nitrogens with one attached hydrogen (secondary N) is 2. The lowest BCUT2D eigenvalue weighted by Gasteiger charge is -2.41. The van der Waals surface area contributed by atoms with E-state index in [4.69, 9.17) is 9.72 Å². The summed E-state index contributed by atoms with van der Waals surface area (Å²) in [4.78, 5) is 30.2. The van der Waals surface area contributed by atoms with Crippen LogP contribution in [0.15, 0.2) is 36.4 Å². The molecule has 1 amide bonds. The fraction of sp³-hybridized carbons (Fsp3) is 0.606. The van der Waals surface area contributed by atoms with Gasteiger partial charge in [-0.1, -0.05) is 57.5 Å². The van der Waals surface area contributed by atoms with Gasteiger partial charge in [-0.25, -0.2) is 9.78 Å². The first-order valence-corrected chi connectivity index (χ1v) is 15.1. The summed E-state index contributed by atoms with van der Waals surface area (Å²) in [6.45, 7) is 7.84. The third-order valence-electron chi connectivity index (χ3n) is 9.26. The van der Waals surface area contributed by atoms with Crippen molar-refractivity contribution in [1.29, 1.82) is 0 Å². The van der Waals surface area contributed by atoms with Crippen molar-refractivity contribution < 1.29 is 19.4 Å². The molecule has 7 heteroatoms. The van der Waals surface area contributed by atoms with Crippen LogP contribution >= 0.6 is 0 Å². The first-order chi connectivity index (χ1) is 19.1. The first-order valence-electron chi connectivity index (χ1n) is 15.1. The van der Waals surface area contributed by atoms with Gasteiger partial charge in [-0.2, -0.15) is 0 Å². The molecular formula is C33H45N3O4. The number of carboxylic acids is 1. The van der Waals surface area contributed by atoms with E-state index in [2.05, 4.69) is 55.7 Å². The van der Waals surface area contributed by atoms with Crippen molar-refractivity contribution in [3.63, 3.8) is 0 Å². The standard InChI is InChI=1S/C33H45N3O4/c1-32(2,3)24-9-11-25(12-10-24)33(16-5-17-33)31(39)36-28(30(37)38)15-19-40-27-20-22(21-27)7-13-26-14-8-23-6-4-18-34-29(23)35-26/h8-12,14,22,27-28H,4-7,13,15-21H2,1-3H3,(H,34,35)(H,36,39)(H,37,38). The number of benzene rings is 1. The number of carbonyl (C=O) groups excluding carboxylic acids is 1. The Morgan fingerprint density at radius 2 is 1.88 bits per heavy atom. The SMILES string of the molecule is CC(C)(C)c1ccc(C2(C(=O)NC(CCOC3CC(CCc4ccc5c(n4)NCCC5)C3)C(=O)O)CCC2)cc1. The molecule has 2 aromatic rings. The first kappa shape index (κ1) is 28.6. The summed E-state index contributed by atoms with van der Waals surface area (Å²) in [5.41, 5.74) is 4.07. The van der Waals surface area contributed by atoms with Crippen molar-refractivity contribution >= 4 is 17.7 Å². The monoisotopic (exact) mass is 547 g/mol. The van der Waals surface area contributed by atoms with Crippen molar-refractivity contribution in [2.75, 3.05) is 18.5 Å². The van der Waals surface area contributed by atoms with Gasteiger partial charge >= 0.3 is 5.97 Å². The van der Waals surface area contributed by atoms with Crippen molar-refractivity contribution in [2.24, 2.45) is 5.92 Å². The molecule has 2 fully saturated rings. The molecule has 1 aliphatic heterocycles. The van der Waals surface area contributed by atoms with Crippen LogP contribution in [0.2, 0.25) is 0 Å². The minimum Gasteiger partial charge on any atom is -0.480 e. The number of anilines is 1. The van der Waals surface area contributed by atoms with E-state index in [9.17, 15) is 14.7 Å². The zero-order valence-corrected chi connectivity index (χ0v) is 24.3. The predicted molar refractivity (Wildman–Crippen MR) is 157 cm³/mol. The van der Waals surface area contributed by atoms with Gasteiger partial charge in [0, 0.05) is 25.3 Å². The second-order valence-electron chi connectivity index (χ2n) is 13.1. The van der Waals surface area contributed by atoms with E-state index in [1.807, 2.05) is 12.1 Å². The van der Waals surface area contributed by atoms with Gasteiger partial charge in [-0.15, -0.1) is 0 Å². The highest BCUT2D eigenvalue weighted by Crippen LogP contribution is 2.44. The lowest BCUT2D eigenvalue weighted by atomic mass is 9.63. The van der Waals surface area contributed by atoms with E-state index in [-0.39, 0.29) is 23.8 Å². The number of aliphatic carboxylic acids is 1. The number of nitrogens with zero attached hydrogens (tertiary/aromatic N) is 1. The van der Waals surface area contributed by atoms with E-state index in [0.29, 0.717) is 12.5 Å². The Bertz CT molecular complexity index is 1190. The number of carbonyl (C=O) groups is 2. The second kappa shape index (κ2) is 11.9. The molecule has 216 valence electrons. The van der Waals surface area contributed by atoms with Gasteiger partial charge in [0.05, 0.1) is 11.5 Å². The Balaban J connectivity index is 1.06. The van der Waals surface area contributed by atoms with Crippen LogP contribution in [0, 0.1) is 5.92 Å². The summed E-state index contributed by atoms with van der Waals surface area (Å²) in [5, 5.41) is 16.1. The molecule has 1 aromatic heterocycles. The van der Waals surface area contributed by atoms with Gasteiger partial charge in [0.1, 0.15) is 11.9 Å². The van der Waals surface area contributed by atoms with E-state index < -0.39 is 17.4 Å². The van der Waals surface area contributed by atoms with E-state index >= 15 is 0 Å². The Hall–Kier alpha value is -2.93.